The molecule has 0 aromatic heterocycles. The Bertz CT molecular complexity index is 940. The van der Waals surface area contributed by atoms with E-state index in [2.05, 4.69) is 50.8 Å². The Morgan fingerprint density at radius 2 is 1.82 bits per heavy atom. The molecule has 0 unspecified atom stereocenters. The van der Waals surface area contributed by atoms with Gasteiger partial charge in [0.15, 0.2) is 8.32 Å². The third-order valence-electron chi connectivity index (χ3n) is 9.82. The zero-order chi connectivity index (χ0) is 24.1. The molecule has 7 atom stereocenters. The Morgan fingerprint density at radius 3 is 2.56 bits per heavy atom. The molecule has 186 valence electrons. The molecule has 0 heterocycles. The van der Waals surface area contributed by atoms with Gasteiger partial charge in [-0.05, 0) is 93.3 Å². The first-order valence-corrected chi connectivity index (χ1v) is 16.9. The smallest absolute Gasteiger partial charge is 0.184 e. The summed E-state index contributed by atoms with van der Waals surface area (Å²) >= 11 is 0. The summed E-state index contributed by atoms with van der Waals surface area (Å²) < 4.78 is 6.53. The van der Waals surface area contributed by atoms with Crippen LogP contribution < -0.4 is 0 Å². The third kappa shape index (κ3) is 4.32. The van der Waals surface area contributed by atoms with Crippen LogP contribution in [-0.4, -0.2) is 25.9 Å². The van der Waals surface area contributed by atoms with Gasteiger partial charge in [-0.1, -0.05) is 49.3 Å². The summed E-state index contributed by atoms with van der Waals surface area (Å²) in [6, 6.07) is 10.2. The highest BCUT2D eigenvalue weighted by molar-refractivity contribution is 6.69. The van der Waals surface area contributed by atoms with Crippen molar-refractivity contribution in [1.82, 2.24) is 0 Å². The quantitative estimate of drug-likeness (QED) is 0.336. The first kappa shape index (κ1) is 24.2. The van der Waals surface area contributed by atoms with Crippen LogP contribution in [0.4, 0.5) is 0 Å². The van der Waals surface area contributed by atoms with Crippen molar-refractivity contribution < 1.29 is 14.1 Å². The number of oxime groups is 1. The van der Waals surface area contributed by atoms with E-state index < -0.39 is 8.32 Å². The Hall–Kier alpha value is -1.46. The molecule has 0 N–H and O–H groups in total. The summed E-state index contributed by atoms with van der Waals surface area (Å²) in [6.07, 6.45) is 9.02. The van der Waals surface area contributed by atoms with E-state index >= 15 is 0 Å². The van der Waals surface area contributed by atoms with Gasteiger partial charge in [-0.3, -0.25) is 4.79 Å². The predicted molar refractivity (Wildman–Crippen MR) is 139 cm³/mol. The molecule has 0 radical (unpaired) electrons. The van der Waals surface area contributed by atoms with Crippen LogP contribution in [-0.2, 0) is 20.7 Å². The van der Waals surface area contributed by atoms with Crippen molar-refractivity contribution in [2.45, 2.75) is 97.6 Å². The second-order valence-corrected chi connectivity index (χ2v) is 17.5. The van der Waals surface area contributed by atoms with Crippen molar-refractivity contribution >= 4 is 19.8 Å². The van der Waals surface area contributed by atoms with Gasteiger partial charge >= 0.3 is 0 Å². The van der Waals surface area contributed by atoms with E-state index in [9.17, 15) is 4.79 Å². The van der Waals surface area contributed by atoms with Gasteiger partial charge in [-0.2, -0.15) is 0 Å². The zero-order valence-electron chi connectivity index (χ0n) is 21.8. The maximum atomic E-state index is 13.9. The summed E-state index contributed by atoms with van der Waals surface area (Å²) in [4.78, 5) is 19.7. The van der Waals surface area contributed by atoms with Crippen LogP contribution in [0.25, 0.3) is 0 Å². The van der Waals surface area contributed by atoms with Gasteiger partial charge in [-0.25, -0.2) is 0 Å². The topological polar surface area (TPSA) is 47.9 Å². The molecular formula is C29H43NO3Si. The lowest BCUT2D eigenvalue weighted by Crippen LogP contribution is -2.58. The minimum atomic E-state index is -1.53. The summed E-state index contributed by atoms with van der Waals surface area (Å²) in [5.74, 6) is 2.41. The standard InChI is InChI=1S/C29H43NO3Si/c1-28-16-15-22(33-34(3,4)5)17-21(28)11-12-23-24-13-14-26(29(24,2)18-25(31)27(23)28)30-32-19-20-9-7-6-8-10-20/h6-10,21-24,27H,11-19H2,1-5H3/b30-26+/t21-,22+,23-,24-,27+,28-,29-/m0/s1. The van der Waals surface area contributed by atoms with Crippen molar-refractivity contribution in [3.8, 4) is 0 Å². The van der Waals surface area contributed by atoms with E-state index in [1.807, 2.05) is 18.2 Å². The minimum Gasteiger partial charge on any atom is -0.415 e. The number of hydrogen-bond donors (Lipinski definition) is 0. The molecule has 4 aliphatic carbocycles. The van der Waals surface area contributed by atoms with Crippen molar-refractivity contribution in [3.63, 3.8) is 0 Å². The molecule has 34 heavy (non-hydrogen) atoms. The molecule has 5 rings (SSSR count). The number of carbonyl (C=O) groups excluding carboxylic acids is 1. The van der Waals surface area contributed by atoms with E-state index in [4.69, 9.17) is 9.26 Å². The zero-order valence-corrected chi connectivity index (χ0v) is 22.8. The minimum absolute atomic E-state index is 0.129. The molecule has 0 spiro atoms. The number of nitrogens with zero attached hydrogens (tertiary/aromatic N) is 1. The molecule has 0 bridgehead atoms. The molecular weight excluding hydrogens is 438 g/mol. The monoisotopic (exact) mass is 481 g/mol. The Morgan fingerprint density at radius 1 is 1.06 bits per heavy atom. The van der Waals surface area contributed by atoms with Crippen molar-refractivity contribution in [2.75, 3.05) is 0 Å². The molecule has 4 saturated carbocycles. The van der Waals surface area contributed by atoms with Gasteiger partial charge in [0, 0.05) is 23.9 Å². The molecule has 4 aliphatic rings. The first-order valence-electron chi connectivity index (χ1n) is 13.5. The Labute approximate surface area is 207 Å². The number of rotatable bonds is 5. The van der Waals surface area contributed by atoms with Crippen molar-refractivity contribution in [3.05, 3.63) is 35.9 Å². The third-order valence-corrected chi connectivity index (χ3v) is 10.9. The number of ketones is 1. The molecule has 0 saturated heterocycles. The van der Waals surface area contributed by atoms with Gasteiger partial charge < -0.3 is 9.26 Å². The number of benzene rings is 1. The number of Topliss-reactive ketones (excluding diaryl/α,β-unsaturated/α-hetero) is 1. The van der Waals surface area contributed by atoms with E-state index in [0.29, 0.717) is 42.7 Å². The number of carbonyl (C=O) groups is 1. The Kier molecular flexibility index (Phi) is 6.33. The van der Waals surface area contributed by atoms with Crippen molar-refractivity contribution in [2.24, 2.45) is 39.7 Å². The summed E-state index contributed by atoms with van der Waals surface area (Å²) in [6.45, 7) is 12.1. The maximum absolute atomic E-state index is 13.9. The van der Waals surface area contributed by atoms with E-state index in [0.717, 1.165) is 43.4 Å². The molecule has 1 aromatic carbocycles. The predicted octanol–water partition coefficient (Wildman–Crippen LogP) is 7.00. The highest BCUT2D eigenvalue weighted by Gasteiger charge is 2.63. The number of fused-ring (bicyclic) bond motifs is 5. The Balaban J connectivity index is 1.31. The van der Waals surface area contributed by atoms with Gasteiger partial charge in [-0.15, -0.1) is 0 Å². The lowest BCUT2D eigenvalue weighted by Gasteiger charge is -2.59. The van der Waals surface area contributed by atoms with Crippen molar-refractivity contribution in [1.29, 1.82) is 0 Å². The molecule has 0 amide bonds. The first-order chi connectivity index (χ1) is 16.1. The highest BCUT2D eigenvalue weighted by atomic mass is 28.4. The van der Waals surface area contributed by atoms with Gasteiger partial charge in [0.05, 0.1) is 5.71 Å². The summed E-state index contributed by atoms with van der Waals surface area (Å²) in [5.41, 5.74) is 2.27. The second-order valence-electron chi connectivity index (χ2n) is 13.1. The largest absolute Gasteiger partial charge is 0.415 e. The van der Waals surface area contributed by atoms with Crippen LogP contribution in [0.3, 0.4) is 0 Å². The lowest BCUT2D eigenvalue weighted by atomic mass is 9.45. The average molecular weight is 482 g/mol. The summed E-state index contributed by atoms with van der Waals surface area (Å²) in [7, 11) is -1.53. The van der Waals surface area contributed by atoms with E-state index in [1.54, 1.807) is 0 Å². The molecule has 5 heteroatoms. The fourth-order valence-corrected chi connectivity index (χ4v) is 9.56. The van der Waals surface area contributed by atoms with Crippen LogP contribution in [0.5, 0.6) is 0 Å². The highest BCUT2D eigenvalue weighted by Crippen LogP contribution is 2.64. The van der Waals surface area contributed by atoms with Gasteiger partial charge in [0.25, 0.3) is 0 Å². The molecule has 1 aromatic rings. The van der Waals surface area contributed by atoms with Gasteiger partial charge in [0.1, 0.15) is 12.4 Å². The van der Waals surface area contributed by atoms with E-state index in [-0.39, 0.29) is 16.7 Å². The molecule has 0 aliphatic heterocycles. The van der Waals surface area contributed by atoms with Crippen LogP contribution in [0.1, 0.15) is 70.8 Å². The van der Waals surface area contributed by atoms with Crippen LogP contribution in [0.15, 0.2) is 35.5 Å². The van der Waals surface area contributed by atoms with Gasteiger partial charge in [0.2, 0.25) is 0 Å². The molecule has 4 nitrogen and oxygen atoms in total. The SMILES string of the molecule is C[C@]12CC[C@@H](O[Si](C)(C)C)C[C@@H]1CC[C@@H]1[C@@H]2C(=O)C[C@]2(C)/C(=N/OCc3ccccc3)CC[C@@H]12. The van der Waals surface area contributed by atoms with E-state index in [1.165, 1.54) is 12.8 Å². The number of hydrogen-bond acceptors (Lipinski definition) is 4. The van der Waals surface area contributed by atoms with Crippen LogP contribution >= 0.6 is 0 Å². The fourth-order valence-electron chi connectivity index (χ4n) is 8.34. The van der Waals surface area contributed by atoms with Crippen LogP contribution in [0.2, 0.25) is 19.6 Å². The second kappa shape index (κ2) is 8.88. The molecule has 4 fully saturated rings. The maximum Gasteiger partial charge on any atom is 0.184 e. The fraction of sp³-hybridized carbons (Fsp3) is 0.724. The lowest BCUT2D eigenvalue weighted by molar-refractivity contribution is -0.155. The average Bonchev–Trinajstić information content (AvgIpc) is 3.09. The van der Waals surface area contributed by atoms with Crippen LogP contribution in [0, 0.1) is 34.5 Å². The summed E-state index contributed by atoms with van der Waals surface area (Å²) in [5, 5.41) is 4.64. The normalized spacial score (nSPS) is 41.0.